The van der Waals surface area contributed by atoms with E-state index in [1.54, 1.807) is 37.4 Å². The number of nitrogens with one attached hydrogen (secondary N) is 2. The Morgan fingerprint density at radius 1 is 1.12 bits per heavy atom. The molecule has 2 aromatic carbocycles. The van der Waals surface area contributed by atoms with Crippen molar-refractivity contribution < 1.29 is 19.4 Å². The maximum Gasteiger partial charge on any atom is 0.359 e. The number of ether oxygens (including phenoxy) is 1. The number of nitrogens with zero attached hydrogens (tertiary/aromatic N) is 2. The summed E-state index contributed by atoms with van der Waals surface area (Å²) >= 11 is 0. The molecule has 1 aromatic heterocycles. The number of H-pyrrole nitrogens is 1. The van der Waals surface area contributed by atoms with Gasteiger partial charge in [0.1, 0.15) is 5.75 Å². The van der Waals surface area contributed by atoms with Crippen LogP contribution in [0.3, 0.4) is 0 Å². The zero-order chi connectivity index (χ0) is 17.8. The Hall–Kier alpha value is -3.68. The van der Waals surface area contributed by atoms with Gasteiger partial charge in [0.2, 0.25) is 5.69 Å². The van der Waals surface area contributed by atoms with Crippen LogP contribution in [0.1, 0.15) is 20.8 Å². The normalized spacial score (nSPS) is 10.3. The van der Waals surface area contributed by atoms with Crippen LogP contribution in [0.4, 0.5) is 0 Å². The number of benzene rings is 2. The number of aromatic nitrogens is 3. The van der Waals surface area contributed by atoms with E-state index in [9.17, 15) is 9.59 Å². The van der Waals surface area contributed by atoms with E-state index < -0.39 is 5.97 Å². The summed E-state index contributed by atoms with van der Waals surface area (Å²) in [6.45, 7) is 0. The molecule has 0 saturated carbocycles. The van der Waals surface area contributed by atoms with E-state index in [1.165, 1.54) is 0 Å². The van der Waals surface area contributed by atoms with Gasteiger partial charge >= 0.3 is 5.97 Å². The first-order valence-electron chi connectivity index (χ1n) is 7.33. The van der Waals surface area contributed by atoms with Crippen LogP contribution < -0.4 is 10.1 Å². The van der Waals surface area contributed by atoms with Crippen LogP contribution in [0.5, 0.6) is 11.6 Å². The van der Waals surface area contributed by atoms with Crippen LogP contribution >= 0.6 is 0 Å². The molecule has 1 heterocycles. The second-order valence-corrected chi connectivity index (χ2v) is 5.08. The minimum atomic E-state index is -1.21. The number of hydrogen-bond acceptors (Lipinski definition) is 5. The third kappa shape index (κ3) is 3.47. The maximum absolute atomic E-state index is 11.6. The molecule has 8 nitrogen and oxygen atoms in total. The Kier molecular flexibility index (Phi) is 4.42. The summed E-state index contributed by atoms with van der Waals surface area (Å²) in [6.07, 6.45) is 0. The number of rotatable bonds is 5. The van der Waals surface area contributed by atoms with Gasteiger partial charge in [-0.1, -0.05) is 34.6 Å². The van der Waals surface area contributed by atoms with Crippen LogP contribution in [0.25, 0.3) is 11.1 Å². The topological polar surface area (TPSA) is 117 Å². The highest BCUT2D eigenvalue weighted by atomic mass is 16.5. The number of aromatic amines is 1. The molecule has 3 aromatic rings. The summed E-state index contributed by atoms with van der Waals surface area (Å²) in [7, 11) is 1.58. The van der Waals surface area contributed by atoms with Gasteiger partial charge in [-0.3, -0.25) is 4.79 Å². The van der Waals surface area contributed by atoms with E-state index in [0.29, 0.717) is 11.3 Å². The molecule has 0 aliphatic rings. The van der Waals surface area contributed by atoms with Gasteiger partial charge in [0.15, 0.2) is 0 Å². The number of hydrogen-bond donors (Lipinski definition) is 3. The summed E-state index contributed by atoms with van der Waals surface area (Å²) in [5.74, 6) is -1.05. The third-order valence-electron chi connectivity index (χ3n) is 3.49. The lowest BCUT2D eigenvalue weighted by molar-refractivity contribution is 0.0687. The molecule has 126 valence electrons. The first-order chi connectivity index (χ1) is 12.1. The van der Waals surface area contributed by atoms with Gasteiger partial charge in [-0.25, -0.2) is 9.89 Å². The van der Waals surface area contributed by atoms with Crippen molar-refractivity contribution in [3.63, 3.8) is 0 Å². The fourth-order valence-electron chi connectivity index (χ4n) is 2.24. The lowest BCUT2D eigenvalue weighted by atomic mass is 10.0. The minimum Gasteiger partial charge on any atom is -0.476 e. The van der Waals surface area contributed by atoms with E-state index in [4.69, 9.17) is 9.84 Å². The third-order valence-corrected chi connectivity index (χ3v) is 3.49. The lowest BCUT2D eigenvalue weighted by Crippen LogP contribution is -2.17. The quantitative estimate of drug-likeness (QED) is 0.657. The van der Waals surface area contributed by atoms with E-state index in [-0.39, 0.29) is 17.5 Å². The monoisotopic (exact) mass is 338 g/mol. The number of carbonyl (C=O) groups excluding carboxylic acids is 1. The van der Waals surface area contributed by atoms with Gasteiger partial charge in [0, 0.05) is 12.6 Å². The van der Waals surface area contributed by atoms with Crippen LogP contribution in [-0.2, 0) is 0 Å². The van der Waals surface area contributed by atoms with Crippen molar-refractivity contribution >= 4 is 11.9 Å². The Balaban J connectivity index is 1.85. The molecule has 1 amide bonds. The average Bonchev–Trinajstić information content (AvgIpc) is 3.10. The first-order valence-corrected chi connectivity index (χ1v) is 7.33. The van der Waals surface area contributed by atoms with Crippen molar-refractivity contribution in [1.29, 1.82) is 0 Å². The molecule has 0 bridgehead atoms. The summed E-state index contributed by atoms with van der Waals surface area (Å²) < 4.78 is 5.50. The minimum absolute atomic E-state index is 0.111. The Morgan fingerprint density at radius 3 is 2.56 bits per heavy atom. The number of carbonyl (C=O) groups is 2. The van der Waals surface area contributed by atoms with Gasteiger partial charge in [0.05, 0.1) is 0 Å². The van der Waals surface area contributed by atoms with Crippen LogP contribution in [-0.4, -0.2) is 39.4 Å². The Morgan fingerprint density at radius 2 is 1.88 bits per heavy atom. The van der Waals surface area contributed by atoms with Crippen molar-refractivity contribution in [2.75, 3.05) is 7.05 Å². The SMILES string of the molecule is CNC(=O)c1ccc(-c2cccc(Oc3nn[nH]c3C(=O)O)c2)cc1. The highest BCUT2D eigenvalue weighted by Crippen LogP contribution is 2.27. The van der Waals surface area contributed by atoms with Crippen molar-refractivity contribution in [2.24, 2.45) is 0 Å². The van der Waals surface area contributed by atoms with Crippen molar-refractivity contribution in [3.8, 4) is 22.8 Å². The Bertz CT molecular complexity index is 918. The number of aromatic carboxylic acids is 1. The molecular weight excluding hydrogens is 324 g/mol. The molecule has 0 unspecified atom stereocenters. The molecule has 0 radical (unpaired) electrons. The molecular formula is C17H14N4O4. The zero-order valence-corrected chi connectivity index (χ0v) is 13.2. The molecule has 0 spiro atoms. The molecule has 0 fully saturated rings. The maximum atomic E-state index is 11.6. The fraction of sp³-hybridized carbons (Fsp3) is 0.0588. The number of carboxylic acids is 1. The van der Waals surface area contributed by atoms with E-state index >= 15 is 0 Å². The molecule has 0 atom stereocenters. The van der Waals surface area contributed by atoms with Gasteiger partial charge in [-0.2, -0.15) is 0 Å². The Labute approximate surface area is 142 Å². The predicted octanol–water partition coefficient (Wildman–Crippen LogP) is 2.32. The molecule has 25 heavy (non-hydrogen) atoms. The fourth-order valence-corrected chi connectivity index (χ4v) is 2.24. The van der Waals surface area contributed by atoms with Gasteiger partial charge in [0.25, 0.3) is 11.8 Å². The molecule has 3 N–H and O–H groups in total. The zero-order valence-electron chi connectivity index (χ0n) is 13.2. The molecule has 0 aliphatic carbocycles. The smallest absolute Gasteiger partial charge is 0.359 e. The van der Waals surface area contributed by atoms with E-state index in [2.05, 4.69) is 20.7 Å². The molecule has 8 heteroatoms. The van der Waals surface area contributed by atoms with Crippen LogP contribution in [0.2, 0.25) is 0 Å². The number of amides is 1. The summed E-state index contributed by atoms with van der Waals surface area (Å²) in [5.41, 5.74) is 2.07. The summed E-state index contributed by atoms with van der Waals surface area (Å²) in [6, 6.07) is 14.2. The predicted molar refractivity (Wildman–Crippen MR) is 88.7 cm³/mol. The highest BCUT2D eigenvalue weighted by molar-refractivity contribution is 5.94. The summed E-state index contributed by atoms with van der Waals surface area (Å²) in [4.78, 5) is 22.6. The molecule has 3 rings (SSSR count). The van der Waals surface area contributed by atoms with Gasteiger partial charge < -0.3 is 15.2 Å². The van der Waals surface area contributed by atoms with Crippen molar-refractivity contribution in [1.82, 2.24) is 20.7 Å². The van der Waals surface area contributed by atoms with Crippen LogP contribution in [0.15, 0.2) is 48.5 Å². The highest BCUT2D eigenvalue weighted by Gasteiger charge is 2.16. The van der Waals surface area contributed by atoms with Gasteiger partial charge in [-0.15, -0.1) is 0 Å². The van der Waals surface area contributed by atoms with Crippen molar-refractivity contribution in [3.05, 3.63) is 59.8 Å². The summed E-state index contributed by atoms with van der Waals surface area (Å²) in [5, 5.41) is 20.9. The second kappa shape index (κ2) is 6.83. The standard InChI is InChI=1S/C17H14N4O4/c1-18-15(22)11-7-5-10(6-8-11)12-3-2-4-13(9-12)25-16-14(17(23)24)19-21-20-16/h2-9H,1H3,(H,18,22)(H,23,24)(H,19,20,21). The number of carboxylic acid groups (broad SMARTS) is 1. The second-order valence-electron chi connectivity index (χ2n) is 5.08. The van der Waals surface area contributed by atoms with E-state index in [0.717, 1.165) is 11.1 Å². The van der Waals surface area contributed by atoms with Crippen LogP contribution in [0, 0.1) is 0 Å². The van der Waals surface area contributed by atoms with Gasteiger partial charge in [-0.05, 0) is 35.4 Å². The molecule has 0 saturated heterocycles. The lowest BCUT2D eigenvalue weighted by Gasteiger charge is -2.07. The largest absolute Gasteiger partial charge is 0.476 e. The van der Waals surface area contributed by atoms with E-state index in [1.807, 2.05) is 18.2 Å². The molecule has 0 aliphatic heterocycles. The average molecular weight is 338 g/mol. The first kappa shape index (κ1) is 16.2. The van der Waals surface area contributed by atoms with Crippen molar-refractivity contribution in [2.45, 2.75) is 0 Å².